The van der Waals surface area contributed by atoms with Gasteiger partial charge in [-0.15, -0.1) is 0 Å². The van der Waals surface area contributed by atoms with Gasteiger partial charge < -0.3 is 14.6 Å². The van der Waals surface area contributed by atoms with E-state index in [2.05, 4.69) is 0 Å². The lowest BCUT2D eigenvalue weighted by Gasteiger charge is -2.17. The molecule has 5 nitrogen and oxygen atoms in total. The van der Waals surface area contributed by atoms with Crippen LogP contribution in [0.15, 0.2) is 0 Å². The molecule has 0 amide bonds. The third kappa shape index (κ3) is 9.96. The van der Waals surface area contributed by atoms with Gasteiger partial charge in [-0.3, -0.25) is 9.59 Å². The van der Waals surface area contributed by atoms with Gasteiger partial charge in [0.1, 0.15) is 12.2 Å². The van der Waals surface area contributed by atoms with Crippen LogP contribution in [0.4, 0.5) is 0 Å². The Bertz CT molecular complexity index is 219. The average molecular weight is 246 g/mol. The van der Waals surface area contributed by atoms with Gasteiger partial charge in [-0.2, -0.15) is 0 Å². The first-order valence-electron chi connectivity index (χ1n) is 6.06. The van der Waals surface area contributed by atoms with Crippen molar-refractivity contribution in [3.63, 3.8) is 0 Å². The number of Topliss-reactive ketones (excluding diaryl/α,β-unsaturated/α-hetero) is 1. The average Bonchev–Trinajstić information content (AvgIpc) is 2.27. The van der Waals surface area contributed by atoms with Crippen LogP contribution in [0.2, 0.25) is 0 Å². The number of carboxylic acids is 1. The second kappa shape index (κ2) is 10.2. The van der Waals surface area contributed by atoms with Crippen molar-refractivity contribution < 1.29 is 24.2 Å². The van der Waals surface area contributed by atoms with Crippen molar-refractivity contribution in [2.45, 2.75) is 52.2 Å². The lowest BCUT2D eigenvalue weighted by Crippen LogP contribution is -2.20. The Kier molecular flexibility index (Phi) is 9.66. The molecule has 0 saturated heterocycles. The lowest BCUT2D eigenvalue weighted by atomic mass is 10.1. The number of rotatable bonds is 11. The summed E-state index contributed by atoms with van der Waals surface area (Å²) >= 11 is 0. The highest BCUT2D eigenvalue weighted by atomic mass is 16.7. The molecule has 17 heavy (non-hydrogen) atoms. The molecule has 0 radical (unpaired) electrons. The van der Waals surface area contributed by atoms with Crippen LogP contribution in [0.1, 0.15) is 46.0 Å². The smallest absolute Gasteiger partial charge is 0.310 e. The maximum Gasteiger partial charge on any atom is 0.310 e. The molecule has 0 aromatic rings. The van der Waals surface area contributed by atoms with Crippen LogP contribution in [0.3, 0.4) is 0 Å². The molecule has 0 aromatic heterocycles. The number of carbonyl (C=O) groups excluding carboxylic acids is 1. The Morgan fingerprint density at radius 2 is 1.65 bits per heavy atom. The van der Waals surface area contributed by atoms with E-state index in [1.165, 1.54) is 0 Å². The molecule has 0 fully saturated rings. The fourth-order valence-corrected chi connectivity index (χ4v) is 1.25. The zero-order chi connectivity index (χ0) is 13.1. The summed E-state index contributed by atoms with van der Waals surface area (Å²) in [7, 11) is 0. The van der Waals surface area contributed by atoms with Crippen molar-refractivity contribution in [3.8, 4) is 0 Å². The largest absolute Gasteiger partial charge is 0.481 e. The number of ether oxygens (including phenoxy) is 2. The van der Waals surface area contributed by atoms with Crippen LogP contribution in [-0.4, -0.2) is 36.4 Å². The van der Waals surface area contributed by atoms with Crippen LogP contribution in [-0.2, 0) is 19.1 Å². The first kappa shape index (κ1) is 16.1. The van der Waals surface area contributed by atoms with E-state index in [0.29, 0.717) is 19.6 Å². The molecule has 0 aliphatic carbocycles. The molecule has 100 valence electrons. The molecule has 0 spiro atoms. The maximum atomic E-state index is 11.2. The quantitative estimate of drug-likeness (QED) is 0.446. The Morgan fingerprint density at radius 3 is 2.06 bits per heavy atom. The minimum absolute atomic E-state index is 0.185. The van der Waals surface area contributed by atoms with E-state index >= 15 is 0 Å². The lowest BCUT2D eigenvalue weighted by molar-refractivity contribution is -0.151. The van der Waals surface area contributed by atoms with Gasteiger partial charge in [0.25, 0.3) is 0 Å². The Balaban J connectivity index is 3.87. The number of hydrogen-bond donors (Lipinski definition) is 1. The maximum absolute atomic E-state index is 11.2. The molecule has 0 bridgehead atoms. The van der Waals surface area contributed by atoms with Gasteiger partial charge in [0, 0.05) is 26.1 Å². The van der Waals surface area contributed by atoms with Crippen molar-refractivity contribution >= 4 is 11.8 Å². The van der Waals surface area contributed by atoms with Gasteiger partial charge in [0.2, 0.25) is 0 Å². The number of ketones is 1. The highest BCUT2D eigenvalue weighted by molar-refractivity contribution is 5.94. The Morgan fingerprint density at radius 1 is 1.12 bits per heavy atom. The standard InChI is InChI=1S/C12H22O5/c1-3-7-16-12(17-8-4-2)6-5-10(13)9-11(14)15/h12H,3-9H2,1-2H3,(H,14,15). The summed E-state index contributed by atoms with van der Waals surface area (Å²) in [5.74, 6) is -1.38. The molecule has 0 aliphatic heterocycles. The van der Waals surface area contributed by atoms with Crippen LogP contribution in [0, 0.1) is 0 Å². The van der Waals surface area contributed by atoms with Gasteiger partial charge >= 0.3 is 5.97 Å². The van der Waals surface area contributed by atoms with Crippen molar-refractivity contribution in [2.24, 2.45) is 0 Å². The highest BCUT2D eigenvalue weighted by Gasteiger charge is 2.13. The third-order valence-corrected chi connectivity index (χ3v) is 2.02. The van der Waals surface area contributed by atoms with E-state index < -0.39 is 18.7 Å². The van der Waals surface area contributed by atoms with Crippen LogP contribution in [0.5, 0.6) is 0 Å². The van der Waals surface area contributed by atoms with Crippen LogP contribution >= 0.6 is 0 Å². The fourth-order valence-electron chi connectivity index (χ4n) is 1.25. The summed E-state index contributed by atoms with van der Waals surface area (Å²) < 4.78 is 10.9. The molecule has 0 saturated carbocycles. The first-order chi connectivity index (χ1) is 8.10. The predicted octanol–water partition coefficient (Wildman–Crippen LogP) is 1.99. The van der Waals surface area contributed by atoms with Gasteiger partial charge in [0.15, 0.2) is 6.29 Å². The van der Waals surface area contributed by atoms with Crippen LogP contribution in [0.25, 0.3) is 0 Å². The van der Waals surface area contributed by atoms with E-state index in [9.17, 15) is 9.59 Å². The summed E-state index contributed by atoms with van der Waals surface area (Å²) in [6.07, 6.45) is 1.56. The van der Waals surface area contributed by atoms with Crippen molar-refractivity contribution in [1.82, 2.24) is 0 Å². The molecule has 0 rings (SSSR count). The Hall–Kier alpha value is -0.940. The highest BCUT2D eigenvalue weighted by Crippen LogP contribution is 2.07. The molecule has 0 unspecified atom stereocenters. The zero-order valence-corrected chi connectivity index (χ0v) is 10.6. The number of carbonyl (C=O) groups is 2. The number of carboxylic acid groups (broad SMARTS) is 1. The fraction of sp³-hybridized carbons (Fsp3) is 0.833. The summed E-state index contributed by atoms with van der Waals surface area (Å²) in [4.78, 5) is 21.5. The van der Waals surface area contributed by atoms with Gasteiger partial charge in [-0.1, -0.05) is 13.8 Å². The molecule has 0 aromatic carbocycles. The van der Waals surface area contributed by atoms with E-state index in [0.717, 1.165) is 12.8 Å². The minimum atomic E-state index is -1.09. The molecule has 5 heteroatoms. The van der Waals surface area contributed by atoms with E-state index in [-0.39, 0.29) is 12.2 Å². The first-order valence-corrected chi connectivity index (χ1v) is 6.06. The monoisotopic (exact) mass is 246 g/mol. The van der Waals surface area contributed by atoms with Gasteiger partial charge in [-0.25, -0.2) is 0 Å². The van der Waals surface area contributed by atoms with Gasteiger partial charge in [-0.05, 0) is 12.8 Å². The molecular formula is C12H22O5. The normalized spacial score (nSPS) is 10.8. The molecular weight excluding hydrogens is 224 g/mol. The second-order valence-electron chi connectivity index (χ2n) is 3.82. The Labute approximate surface area is 102 Å². The summed E-state index contributed by atoms with van der Waals surface area (Å²) in [6, 6.07) is 0. The van der Waals surface area contributed by atoms with E-state index in [1.54, 1.807) is 0 Å². The minimum Gasteiger partial charge on any atom is -0.481 e. The number of hydrogen-bond acceptors (Lipinski definition) is 4. The summed E-state index contributed by atoms with van der Waals surface area (Å²) in [5.41, 5.74) is 0. The predicted molar refractivity (Wildman–Crippen MR) is 62.8 cm³/mol. The molecule has 1 N–H and O–H groups in total. The van der Waals surface area contributed by atoms with Crippen molar-refractivity contribution in [3.05, 3.63) is 0 Å². The SMILES string of the molecule is CCCOC(CCC(=O)CC(=O)O)OCCC. The summed E-state index contributed by atoms with van der Waals surface area (Å²) in [5, 5.41) is 8.45. The van der Waals surface area contributed by atoms with Crippen molar-refractivity contribution in [1.29, 1.82) is 0 Å². The van der Waals surface area contributed by atoms with E-state index in [4.69, 9.17) is 14.6 Å². The van der Waals surface area contributed by atoms with Crippen molar-refractivity contribution in [2.75, 3.05) is 13.2 Å². The zero-order valence-electron chi connectivity index (χ0n) is 10.6. The van der Waals surface area contributed by atoms with Gasteiger partial charge in [0.05, 0.1) is 0 Å². The van der Waals surface area contributed by atoms with E-state index in [1.807, 2.05) is 13.8 Å². The number of aliphatic carboxylic acids is 1. The molecule has 0 aliphatic rings. The molecule has 0 heterocycles. The summed E-state index contributed by atoms with van der Waals surface area (Å²) in [6.45, 7) is 5.15. The molecule has 0 atom stereocenters. The van der Waals surface area contributed by atoms with Crippen LogP contribution < -0.4 is 0 Å². The second-order valence-corrected chi connectivity index (χ2v) is 3.82. The third-order valence-electron chi connectivity index (χ3n) is 2.02. The topological polar surface area (TPSA) is 72.8 Å².